The van der Waals surface area contributed by atoms with Gasteiger partial charge in [-0.3, -0.25) is 0 Å². The molecule has 1 aliphatic rings. The van der Waals surface area contributed by atoms with Gasteiger partial charge >= 0.3 is 6.09 Å². The number of oxime groups is 1. The molecule has 1 aliphatic carbocycles. The van der Waals surface area contributed by atoms with Crippen molar-refractivity contribution in [3.05, 3.63) is 64.2 Å². The molecular weight excluding hydrogens is 356 g/mol. The predicted molar refractivity (Wildman–Crippen MR) is 98.4 cm³/mol. The number of hydroxylamine groups is 1. The van der Waals surface area contributed by atoms with Crippen molar-refractivity contribution in [1.82, 2.24) is 5.48 Å². The lowest BCUT2D eigenvalue weighted by atomic mass is 10.1. The third-order valence-electron chi connectivity index (χ3n) is 4.17. The molecule has 0 fully saturated rings. The fourth-order valence-corrected chi connectivity index (χ4v) is 2.92. The van der Waals surface area contributed by atoms with E-state index in [1.807, 2.05) is 19.1 Å². The van der Waals surface area contributed by atoms with Crippen LogP contribution in [0.3, 0.4) is 0 Å². The van der Waals surface area contributed by atoms with E-state index in [0.717, 1.165) is 18.4 Å². The summed E-state index contributed by atoms with van der Waals surface area (Å²) < 4.78 is 4.45. The predicted octanol–water partition coefficient (Wildman–Crippen LogP) is 4.42. The first-order valence-electron chi connectivity index (χ1n) is 8.17. The fourth-order valence-electron chi connectivity index (χ4n) is 2.77. The van der Waals surface area contributed by atoms with Crippen LogP contribution in [0.4, 0.5) is 4.79 Å². The van der Waals surface area contributed by atoms with Crippen LogP contribution in [-0.2, 0) is 16.0 Å². The summed E-state index contributed by atoms with van der Waals surface area (Å²) in [5.74, 6) is 0.287. The summed E-state index contributed by atoms with van der Waals surface area (Å²) in [7, 11) is 1.24. The van der Waals surface area contributed by atoms with Crippen molar-refractivity contribution in [3.8, 4) is 5.75 Å². The highest BCUT2D eigenvalue weighted by Crippen LogP contribution is 2.34. The van der Waals surface area contributed by atoms with Gasteiger partial charge in [-0.05, 0) is 43.0 Å². The Morgan fingerprint density at radius 3 is 2.88 bits per heavy atom. The number of nitrogens with one attached hydrogen (secondary N) is 1. The summed E-state index contributed by atoms with van der Waals surface area (Å²) in [6, 6.07) is 13.4. The summed E-state index contributed by atoms with van der Waals surface area (Å²) in [4.78, 5) is 22.0. The van der Waals surface area contributed by atoms with Crippen LogP contribution in [-0.4, -0.2) is 18.9 Å². The Balaban J connectivity index is 1.70. The second kappa shape index (κ2) is 8.10. The van der Waals surface area contributed by atoms with Gasteiger partial charge in [-0.15, -0.1) is 0 Å². The van der Waals surface area contributed by atoms with E-state index < -0.39 is 6.09 Å². The number of benzene rings is 2. The molecule has 0 heterocycles. The Kier molecular flexibility index (Phi) is 5.63. The number of carbonyl (C=O) groups excluding carboxylic acids is 1. The van der Waals surface area contributed by atoms with E-state index in [4.69, 9.17) is 21.3 Å². The van der Waals surface area contributed by atoms with Crippen molar-refractivity contribution < 1.29 is 19.2 Å². The van der Waals surface area contributed by atoms with Gasteiger partial charge in [0.05, 0.1) is 17.8 Å². The molecule has 0 bridgehead atoms. The van der Waals surface area contributed by atoms with Gasteiger partial charge in [0.15, 0.2) is 11.9 Å². The first-order valence-corrected chi connectivity index (χ1v) is 8.55. The maximum absolute atomic E-state index is 11.1. The Hall–Kier alpha value is -2.73. The lowest BCUT2D eigenvalue weighted by Gasteiger charge is -2.12. The minimum Gasteiger partial charge on any atom is -0.451 e. The molecule has 1 amide bonds. The van der Waals surface area contributed by atoms with Crippen molar-refractivity contribution in [2.24, 2.45) is 5.16 Å². The minimum atomic E-state index is -0.722. The molecular formula is C19H19ClN2O4. The van der Waals surface area contributed by atoms with Crippen LogP contribution in [0.5, 0.6) is 5.75 Å². The summed E-state index contributed by atoms with van der Waals surface area (Å²) in [5.41, 5.74) is 6.06. The number of fused-ring (bicyclic) bond motifs is 1. The van der Waals surface area contributed by atoms with Crippen molar-refractivity contribution in [1.29, 1.82) is 0 Å². The highest BCUT2D eigenvalue weighted by molar-refractivity contribution is 6.32. The van der Waals surface area contributed by atoms with Crippen LogP contribution in [0.1, 0.15) is 36.1 Å². The Morgan fingerprint density at radius 1 is 1.27 bits per heavy atom. The molecule has 1 N–H and O–H groups in total. The Bertz CT molecular complexity index is 838. The molecule has 26 heavy (non-hydrogen) atoms. The molecule has 1 unspecified atom stereocenters. The van der Waals surface area contributed by atoms with Gasteiger partial charge in [-0.25, -0.2) is 4.79 Å². The molecule has 0 spiro atoms. The van der Waals surface area contributed by atoms with Crippen molar-refractivity contribution in [3.63, 3.8) is 0 Å². The maximum Gasteiger partial charge on any atom is 0.440 e. The van der Waals surface area contributed by atoms with Gasteiger partial charge in [0.2, 0.25) is 0 Å². The van der Waals surface area contributed by atoms with Crippen LogP contribution in [0.15, 0.2) is 47.6 Å². The molecule has 3 rings (SSSR count). The molecule has 0 aromatic heterocycles. The Morgan fingerprint density at radius 2 is 2.08 bits per heavy atom. The van der Waals surface area contributed by atoms with Gasteiger partial charge in [-0.2, -0.15) is 5.48 Å². The molecule has 0 aliphatic heterocycles. The fraction of sp³-hybridized carbons (Fsp3) is 0.263. The molecule has 6 nitrogen and oxygen atoms in total. The smallest absolute Gasteiger partial charge is 0.440 e. The average molecular weight is 375 g/mol. The first kappa shape index (κ1) is 18.1. The summed E-state index contributed by atoms with van der Waals surface area (Å²) in [6.45, 7) is 1.83. The normalized spacial score (nSPS) is 16.0. The molecule has 7 heteroatoms. The van der Waals surface area contributed by atoms with Gasteiger partial charge in [0, 0.05) is 5.56 Å². The second-order valence-electron chi connectivity index (χ2n) is 5.85. The van der Waals surface area contributed by atoms with Crippen LogP contribution in [0, 0.1) is 0 Å². The number of carbonyl (C=O) groups is 1. The second-order valence-corrected chi connectivity index (χ2v) is 6.26. The van der Waals surface area contributed by atoms with Gasteiger partial charge < -0.3 is 14.4 Å². The quantitative estimate of drug-likeness (QED) is 0.621. The standard InChI is InChI=1S/C19H19ClN2O4/c1-12(21-25-17-10-8-13-5-3-4-6-15(13)17)14-7-9-16(20)18(11-14)26-22-19(23)24-2/h3-7,9,11,17H,8,10H2,1-2H3,(H,22,23)/b21-12+. The van der Waals surface area contributed by atoms with E-state index >= 15 is 0 Å². The topological polar surface area (TPSA) is 69.2 Å². The summed E-state index contributed by atoms with van der Waals surface area (Å²) in [6.07, 6.45) is 1.15. The van der Waals surface area contributed by atoms with Crippen molar-refractivity contribution in [2.75, 3.05) is 7.11 Å². The average Bonchev–Trinajstić information content (AvgIpc) is 3.08. The molecule has 136 valence electrons. The number of aryl methyl sites for hydroxylation is 1. The van der Waals surface area contributed by atoms with E-state index in [1.165, 1.54) is 18.2 Å². The van der Waals surface area contributed by atoms with E-state index in [9.17, 15) is 4.79 Å². The largest absolute Gasteiger partial charge is 0.451 e. The SMILES string of the molecule is COC(=O)NOc1cc(/C(C)=N/OC2CCc3ccccc32)ccc1Cl. The van der Waals surface area contributed by atoms with Gasteiger partial charge in [0.1, 0.15) is 0 Å². The maximum atomic E-state index is 11.1. The van der Waals surface area contributed by atoms with Gasteiger partial charge in [0.25, 0.3) is 0 Å². The molecule has 0 saturated carbocycles. The zero-order valence-electron chi connectivity index (χ0n) is 14.5. The third kappa shape index (κ3) is 4.08. The number of hydrogen-bond acceptors (Lipinski definition) is 5. The van der Waals surface area contributed by atoms with Crippen molar-refractivity contribution >= 4 is 23.4 Å². The van der Waals surface area contributed by atoms with Crippen LogP contribution in [0.2, 0.25) is 5.02 Å². The number of ether oxygens (including phenoxy) is 1. The number of halogens is 1. The van der Waals surface area contributed by atoms with E-state index in [1.54, 1.807) is 18.2 Å². The highest BCUT2D eigenvalue weighted by Gasteiger charge is 2.23. The van der Waals surface area contributed by atoms with Crippen molar-refractivity contribution in [2.45, 2.75) is 25.9 Å². The number of methoxy groups -OCH3 is 1. The minimum absolute atomic E-state index is 0.0369. The van der Waals surface area contributed by atoms with Crippen LogP contribution < -0.4 is 10.3 Å². The number of nitrogens with zero attached hydrogens (tertiary/aromatic N) is 1. The summed E-state index contributed by atoms with van der Waals surface area (Å²) in [5, 5.41) is 4.61. The zero-order valence-corrected chi connectivity index (χ0v) is 15.2. The molecule has 0 saturated heterocycles. The molecule has 1 atom stereocenters. The van der Waals surface area contributed by atoms with E-state index in [-0.39, 0.29) is 11.9 Å². The number of rotatable bonds is 5. The Labute approximate surface area is 156 Å². The van der Waals surface area contributed by atoms with E-state index in [2.05, 4.69) is 27.5 Å². The summed E-state index contributed by atoms with van der Waals surface area (Å²) >= 11 is 6.08. The first-order chi connectivity index (χ1) is 12.6. The third-order valence-corrected chi connectivity index (χ3v) is 4.49. The van der Waals surface area contributed by atoms with Gasteiger partial charge in [-0.1, -0.05) is 47.1 Å². The molecule has 2 aromatic rings. The zero-order chi connectivity index (χ0) is 18.5. The van der Waals surface area contributed by atoms with E-state index in [0.29, 0.717) is 10.7 Å². The van der Waals surface area contributed by atoms with Crippen LogP contribution >= 0.6 is 11.6 Å². The molecule has 0 radical (unpaired) electrons. The monoisotopic (exact) mass is 374 g/mol. The number of hydrogen-bond donors (Lipinski definition) is 1. The highest BCUT2D eigenvalue weighted by atomic mass is 35.5. The molecule has 2 aromatic carbocycles. The van der Waals surface area contributed by atoms with Crippen LogP contribution in [0.25, 0.3) is 0 Å². The lowest BCUT2D eigenvalue weighted by molar-refractivity contribution is 0.0599. The number of amides is 1. The lowest BCUT2D eigenvalue weighted by Crippen LogP contribution is -2.26.